The normalized spacial score (nSPS) is 12.9. The molecule has 1 aromatic heterocycles. The molecule has 0 aliphatic rings. The lowest BCUT2D eigenvalue weighted by molar-refractivity contribution is -0.145. The van der Waals surface area contributed by atoms with Crippen molar-refractivity contribution in [1.82, 2.24) is 25.9 Å². The second-order valence-corrected chi connectivity index (χ2v) is 9.53. The highest BCUT2D eigenvalue weighted by Gasteiger charge is 2.30. The number of benzene rings is 2. The molecule has 1 heterocycles. The standard InChI is InChI=1S/C30H37N5O5/c1-3-4-15-27(36)33-24(16-21-11-7-5-8-12-21)28(37)34-25(17-22-13-9-6-10-14-22)29(38)35-26(30(39)40-2)18-23-19-31-20-32-23/h5-14,19-20,24-26H,3-4,15-18H2,1-2H3,(H,31,32)(H,33,36)(H,34,37)(H,35,38)/t24-,25-,26-/m0/s1. The van der Waals surface area contributed by atoms with Gasteiger partial charge in [0.25, 0.3) is 0 Å². The number of aromatic nitrogens is 2. The minimum absolute atomic E-state index is 0.133. The molecule has 0 aliphatic heterocycles. The predicted octanol–water partition coefficient (Wildman–Crippen LogP) is 2.26. The van der Waals surface area contributed by atoms with Crippen molar-refractivity contribution >= 4 is 23.7 Å². The average molecular weight is 548 g/mol. The van der Waals surface area contributed by atoms with Crippen molar-refractivity contribution in [2.24, 2.45) is 0 Å². The van der Waals surface area contributed by atoms with Crippen LogP contribution in [0.15, 0.2) is 73.2 Å². The van der Waals surface area contributed by atoms with Crippen LogP contribution in [0.1, 0.15) is 43.0 Å². The zero-order valence-corrected chi connectivity index (χ0v) is 22.9. The molecule has 212 valence electrons. The molecule has 0 aliphatic carbocycles. The molecular formula is C30H37N5O5. The van der Waals surface area contributed by atoms with Crippen LogP contribution in [0.5, 0.6) is 0 Å². The van der Waals surface area contributed by atoms with Crippen LogP contribution in [0.3, 0.4) is 0 Å². The van der Waals surface area contributed by atoms with Gasteiger partial charge in [-0.15, -0.1) is 0 Å². The summed E-state index contributed by atoms with van der Waals surface area (Å²) in [6, 6.07) is 15.7. The SMILES string of the molecule is CCCCC(=O)N[C@@H](Cc1ccccc1)C(=O)N[C@@H](Cc1ccccc1)C(=O)N[C@@H](Cc1cnc[nH]1)C(=O)OC. The number of aromatic amines is 1. The molecule has 0 radical (unpaired) electrons. The number of H-pyrrole nitrogens is 1. The minimum Gasteiger partial charge on any atom is -0.467 e. The molecule has 40 heavy (non-hydrogen) atoms. The third kappa shape index (κ3) is 9.68. The van der Waals surface area contributed by atoms with Gasteiger partial charge in [-0.3, -0.25) is 14.4 Å². The molecule has 3 amide bonds. The summed E-state index contributed by atoms with van der Waals surface area (Å²) in [5, 5.41) is 8.39. The van der Waals surface area contributed by atoms with Gasteiger partial charge in [0.15, 0.2) is 0 Å². The van der Waals surface area contributed by atoms with Gasteiger partial charge in [0.1, 0.15) is 18.1 Å². The summed E-state index contributed by atoms with van der Waals surface area (Å²) in [4.78, 5) is 59.1. The van der Waals surface area contributed by atoms with E-state index in [1.54, 1.807) is 6.20 Å². The predicted molar refractivity (Wildman–Crippen MR) is 150 cm³/mol. The molecule has 4 N–H and O–H groups in total. The largest absolute Gasteiger partial charge is 0.467 e. The van der Waals surface area contributed by atoms with Gasteiger partial charge in [0.2, 0.25) is 17.7 Å². The molecule has 3 aromatic rings. The molecule has 3 atom stereocenters. The average Bonchev–Trinajstić information content (AvgIpc) is 3.49. The van der Waals surface area contributed by atoms with Crippen molar-refractivity contribution in [3.05, 3.63) is 90.0 Å². The number of ether oxygens (including phenoxy) is 1. The van der Waals surface area contributed by atoms with Gasteiger partial charge < -0.3 is 25.7 Å². The maximum atomic E-state index is 13.6. The van der Waals surface area contributed by atoms with Crippen molar-refractivity contribution in [3.63, 3.8) is 0 Å². The highest BCUT2D eigenvalue weighted by molar-refractivity contribution is 5.94. The number of imidazole rings is 1. The molecule has 0 spiro atoms. The number of amides is 3. The van der Waals surface area contributed by atoms with E-state index in [4.69, 9.17) is 4.74 Å². The van der Waals surface area contributed by atoms with Crippen LogP contribution in [0.2, 0.25) is 0 Å². The Labute approximate surface area is 234 Å². The first kappa shape index (κ1) is 30.1. The lowest BCUT2D eigenvalue weighted by Crippen LogP contribution is -2.57. The monoisotopic (exact) mass is 547 g/mol. The van der Waals surface area contributed by atoms with Gasteiger partial charge in [0.05, 0.1) is 13.4 Å². The van der Waals surface area contributed by atoms with Crippen LogP contribution in [-0.2, 0) is 43.2 Å². The second-order valence-electron chi connectivity index (χ2n) is 9.53. The zero-order chi connectivity index (χ0) is 28.7. The number of hydrogen-bond acceptors (Lipinski definition) is 6. The summed E-state index contributed by atoms with van der Waals surface area (Å²) in [5.74, 6) is -1.90. The fourth-order valence-corrected chi connectivity index (χ4v) is 4.22. The fourth-order valence-electron chi connectivity index (χ4n) is 4.22. The molecule has 0 saturated heterocycles. The Morgan fingerprint density at radius 3 is 1.85 bits per heavy atom. The smallest absolute Gasteiger partial charge is 0.328 e. The number of nitrogens with one attached hydrogen (secondary N) is 4. The van der Waals surface area contributed by atoms with Gasteiger partial charge >= 0.3 is 5.97 Å². The Morgan fingerprint density at radius 2 is 1.35 bits per heavy atom. The van der Waals surface area contributed by atoms with E-state index >= 15 is 0 Å². The van der Waals surface area contributed by atoms with E-state index < -0.39 is 35.9 Å². The van der Waals surface area contributed by atoms with Crippen molar-refractivity contribution in [2.75, 3.05) is 7.11 Å². The van der Waals surface area contributed by atoms with E-state index in [1.165, 1.54) is 13.4 Å². The Kier molecular flexibility index (Phi) is 11.9. The summed E-state index contributed by atoms with van der Waals surface area (Å²) in [6.07, 6.45) is 5.46. The van der Waals surface area contributed by atoms with Crippen LogP contribution in [0, 0.1) is 0 Å². The first-order valence-electron chi connectivity index (χ1n) is 13.4. The second kappa shape index (κ2) is 15.8. The Hall–Kier alpha value is -4.47. The highest BCUT2D eigenvalue weighted by atomic mass is 16.5. The van der Waals surface area contributed by atoms with Crippen LogP contribution >= 0.6 is 0 Å². The van der Waals surface area contributed by atoms with Crippen LogP contribution in [0.4, 0.5) is 0 Å². The molecule has 0 saturated carbocycles. The maximum Gasteiger partial charge on any atom is 0.328 e. The summed E-state index contributed by atoms with van der Waals surface area (Å²) in [5.41, 5.74) is 2.32. The minimum atomic E-state index is -1.02. The fraction of sp³-hybridized carbons (Fsp3) is 0.367. The topological polar surface area (TPSA) is 142 Å². The number of carbonyl (C=O) groups excluding carboxylic acids is 4. The van der Waals surface area contributed by atoms with Gasteiger partial charge in [-0.25, -0.2) is 9.78 Å². The number of nitrogens with zero attached hydrogens (tertiary/aromatic N) is 1. The highest BCUT2D eigenvalue weighted by Crippen LogP contribution is 2.09. The Morgan fingerprint density at radius 1 is 0.800 bits per heavy atom. The molecule has 10 heteroatoms. The Balaban J connectivity index is 1.81. The molecule has 0 bridgehead atoms. The van der Waals surface area contributed by atoms with E-state index in [0.717, 1.165) is 17.5 Å². The van der Waals surface area contributed by atoms with Crippen molar-refractivity contribution < 1.29 is 23.9 Å². The van der Waals surface area contributed by atoms with E-state index in [2.05, 4.69) is 25.9 Å². The molecular weight excluding hydrogens is 510 g/mol. The maximum absolute atomic E-state index is 13.6. The van der Waals surface area contributed by atoms with Crippen LogP contribution in [0.25, 0.3) is 0 Å². The van der Waals surface area contributed by atoms with E-state index in [-0.39, 0.29) is 25.2 Å². The summed E-state index contributed by atoms with van der Waals surface area (Å²) < 4.78 is 4.90. The number of carbonyl (C=O) groups is 4. The van der Waals surface area contributed by atoms with Crippen LogP contribution in [-0.4, -0.2) is 58.9 Å². The summed E-state index contributed by atoms with van der Waals surface area (Å²) >= 11 is 0. The van der Waals surface area contributed by atoms with Crippen molar-refractivity contribution in [2.45, 2.75) is 63.6 Å². The Bertz CT molecular complexity index is 1220. The van der Waals surface area contributed by atoms with Gasteiger partial charge in [-0.1, -0.05) is 74.0 Å². The first-order chi connectivity index (χ1) is 19.4. The van der Waals surface area contributed by atoms with Crippen molar-refractivity contribution in [1.29, 1.82) is 0 Å². The quantitative estimate of drug-likeness (QED) is 0.215. The number of unbranched alkanes of at least 4 members (excludes halogenated alkanes) is 1. The zero-order valence-electron chi connectivity index (χ0n) is 22.9. The lowest BCUT2D eigenvalue weighted by Gasteiger charge is -2.25. The number of rotatable bonds is 15. The number of esters is 1. The molecule has 0 unspecified atom stereocenters. The van der Waals surface area contributed by atoms with Gasteiger partial charge in [-0.2, -0.15) is 0 Å². The third-order valence-corrected chi connectivity index (χ3v) is 6.39. The molecule has 2 aromatic carbocycles. The first-order valence-corrected chi connectivity index (χ1v) is 13.4. The van der Waals surface area contributed by atoms with Gasteiger partial charge in [-0.05, 0) is 17.5 Å². The van der Waals surface area contributed by atoms with Gasteiger partial charge in [0, 0.05) is 37.6 Å². The molecule has 0 fully saturated rings. The third-order valence-electron chi connectivity index (χ3n) is 6.39. The van der Waals surface area contributed by atoms with E-state index in [9.17, 15) is 19.2 Å². The number of methoxy groups -OCH3 is 1. The lowest BCUT2D eigenvalue weighted by atomic mass is 10.0. The number of hydrogen-bond donors (Lipinski definition) is 4. The van der Waals surface area contributed by atoms with Crippen molar-refractivity contribution in [3.8, 4) is 0 Å². The summed E-state index contributed by atoms with van der Waals surface area (Å²) in [7, 11) is 1.24. The van der Waals surface area contributed by atoms with E-state index in [0.29, 0.717) is 18.5 Å². The van der Waals surface area contributed by atoms with Crippen LogP contribution < -0.4 is 16.0 Å². The molecule has 10 nitrogen and oxygen atoms in total. The van der Waals surface area contributed by atoms with E-state index in [1.807, 2.05) is 67.6 Å². The molecule has 3 rings (SSSR count). The summed E-state index contributed by atoms with van der Waals surface area (Å²) in [6.45, 7) is 1.99.